The highest BCUT2D eigenvalue weighted by Crippen LogP contribution is 2.16. The molecule has 2 aromatic rings. The lowest BCUT2D eigenvalue weighted by molar-refractivity contribution is 0.0985. The van der Waals surface area contributed by atoms with Gasteiger partial charge in [0.2, 0.25) is 0 Å². The lowest BCUT2D eigenvalue weighted by Crippen LogP contribution is -2.08. The van der Waals surface area contributed by atoms with E-state index in [1.807, 2.05) is 0 Å². The van der Waals surface area contributed by atoms with Gasteiger partial charge in [0.25, 0.3) is 0 Å². The van der Waals surface area contributed by atoms with Gasteiger partial charge in [0.15, 0.2) is 5.78 Å². The molecule has 4 heteroatoms. The summed E-state index contributed by atoms with van der Waals surface area (Å²) in [5.41, 5.74) is 0.0611. The Hall–Kier alpha value is -2.23. The topological polar surface area (TPSA) is 37.3 Å². The Kier molecular flexibility index (Phi) is 3.37. The second-order valence-corrected chi connectivity index (χ2v) is 3.86. The molecule has 0 bridgehead atoms. The average Bonchev–Trinajstić information content (AvgIpc) is 2.32. The maximum atomic E-state index is 13.4. The number of rotatable bonds is 3. The molecule has 0 aliphatic rings. The number of benzene rings is 2. The minimum atomic E-state index is -0.862. The van der Waals surface area contributed by atoms with E-state index >= 15 is 0 Å². The van der Waals surface area contributed by atoms with Crippen molar-refractivity contribution in [1.29, 1.82) is 0 Å². The number of carbonyl (C=O) groups is 1. The summed E-state index contributed by atoms with van der Waals surface area (Å²) in [5, 5.41) is 9.09. The second kappa shape index (κ2) is 4.96. The Morgan fingerprint density at radius 3 is 2.11 bits per heavy atom. The molecule has 0 atom stereocenters. The maximum absolute atomic E-state index is 13.4. The van der Waals surface area contributed by atoms with Crippen LogP contribution >= 0.6 is 0 Å². The van der Waals surface area contributed by atoms with Crippen LogP contribution in [0.15, 0.2) is 42.5 Å². The summed E-state index contributed by atoms with van der Waals surface area (Å²) >= 11 is 0. The first-order valence-electron chi connectivity index (χ1n) is 5.33. The van der Waals surface area contributed by atoms with E-state index in [-0.39, 0.29) is 12.2 Å². The van der Waals surface area contributed by atoms with Gasteiger partial charge in [-0.05, 0) is 29.8 Å². The molecule has 0 spiro atoms. The number of hydrogen-bond acceptors (Lipinski definition) is 2. The first kappa shape index (κ1) is 12.2. The molecule has 18 heavy (non-hydrogen) atoms. The van der Waals surface area contributed by atoms with Crippen LogP contribution in [0.25, 0.3) is 0 Å². The van der Waals surface area contributed by atoms with Gasteiger partial charge in [-0.3, -0.25) is 4.79 Å². The summed E-state index contributed by atoms with van der Waals surface area (Å²) in [6, 6.07) is 9.21. The molecule has 0 saturated heterocycles. The molecule has 2 aromatic carbocycles. The molecule has 0 aliphatic heterocycles. The standard InChI is InChI=1S/C14H10F2O2/c15-11-2-1-3-12(16)14(11)13(18)8-9-4-6-10(17)7-5-9/h1-7,17H,8H2. The van der Waals surface area contributed by atoms with Crippen molar-refractivity contribution in [2.75, 3.05) is 0 Å². The van der Waals surface area contributed by atoms with Crippen molar-refractivity contribution in [2.24, 2.45) is 0 Å². The smallest absolute Gasteiger partial charge is 0.173 e. The number of hydrogen-bond donors (Lipinski definition) is 1. The molecule has 1 N–H and O–H groups in total. The van der Waals surface area contributed by atoms with Crippen molar-refractivity contribution in [3.63, 3.8) is 0 Å². The predicted molar refractivity (Wildman–Crippen MR) is 62.5 cm³/mol. The SMILES string of the molecule is O=C(Cc1ccc(O)cc1)c1c(F)cccc1F. The normalized spacial score (nSPS) is 10.3. The highest BCUT2D eigenvalue weighted by Gasteiger charge is 2.17. The number of phenolic OH excluding ortho intramolecular Hbond substituents is 1. The summed E-state index contributed by atoms with van der Waals surface area (Å²) in [7, 11) is 0. The molecule has 0 aromatic heterocycles. The van der Waals surface area contributed by atoms with E-state index in [0.29, 0.717) is 5.56 Å². The molecule has 2 rings (SSSR count). The van der Waals surface area contributed by atoms with Gasteiger partial charge in [-0.1, -0.05) is 18.2 Å². The Morgan fingerprint density at radius 1 is 1.00 bits per heavy atom. The molecule has 92 valence electrons. The lowest BCUT2D eigenvalue weighted by Gasteiger charge is -2.04. The zero-order valence-electron chi connectivity index (χ0n) is 9.36. The third-order valence-corrected chi connectivity index (χ3v) is 2.54. The molecule has 0 heterocycles. The predicted octanol–water partition coefficient (Wildman–Crippen LogP) is 3.10. The van der Waals surface area contributed by atoms with Crippen LogP contribution in [0.3, 0.4) is 0 Å². The van der Waals surface area contributed by atoms with E-state index in [9.17, 15) is 13.6 Å². The van der Waals surface area contributed by atoms with Crippen molar-refractivity contribution < 1.29 is 18.7 Å². The maximum Gasteiger partial charge on any atom is 0.173 e. The minimum Gasteiger partial charge on any atom is -0.508 e. The summed E-state index contributed by atoms with van der Waals surface area (Å²) < 4.78 is 26.7. The molecule has 0 saturated carbocycles. The van der Waals surface area contributed by atoms with Gasteiger partial charge in [0.05, 0.1) is 5.56 Å². The Labute approximate surface area is 103 Å². The van der Waals surface area contributed by atoms with Gasteiger partial charge in [0.1, 0.15) is 17.4 Å². The minimum absolute atomic E-state index is 0.0725. The summed E-state index contributed by atoms with van der Waals surface area (Å²) in [5.74, 6) is -2.28. The number of aromatic hydroxyl groups is 1. The average molecular weight is 248 g/mol. The zero-order valence-corrected chi connectivity index (χ0v) is 9.36. The van der Waals surface area contributed by atoms with E-state index in [1.54, 1.807) is 0 Å². The number of phenols is 1. The van der Waals surface area contributed by atoms with Crippen LogP contribution in [0, 0.1) is 11.6 Å². The lowest BCUT2D eigenvalue weighted by atomic mass is 10.0. The first-order chi connectivity index (χ1) is 8.58. The van der Waals surface area contributed by atoms with E-state index in [1.165, 1.54) is 30.3 Å². The van der Waals surface area contributed by atoms with Crippen LogP contribution in [0.2, 0.25) is 0 Å². The fourth-order valence-corrected chi connectivity index (χ4v) is 1.65. The molecular formula is C14H10F2O2. The van der Waals surface area contributed by atoms with Gasteiger partial charge < -0.3 is 5.11 Å². The zero-order chi connectivity index (χ0) is 13.1. The largest absolute Gasteiger partial charge is 0.508 e. The number of carbonyl (C=O) groups excluding carboxylic acids is 1. The van der Waals surface area contributed by atoms with E-state index in [0.717, 1.165) is 12.1 Å². The van der Waals surface area contributed by atoms with Crippen molar-refractivity contribution in [2.45, 2.75) is 6.42 Å². The van der Waals surface area contributed by atoms with Crippen LogP contribution < -0.4 is 0 Å². The van der Waals surface area contributed by atoms with Crippen molar-refractivity contribution in [1.82, 2.24) is 0 Å². The fraction of sp³-hybridized carbons (Fsp3) is 0.0714. The number of ketones is 1. The highest BCUT2D eigenvalue weighted by atomic mass is 19.1. The molecular weight excluding hydrogens is 238 g/mol. The quantitative estimate of drug-likeness (QED) is 0.847. The number of halogens is 2. The summed E-state index contributed by atoms with van der Waals surface area (Å²) in [6.07, 6.45) is -0.113. The summed E-state index contributed by atoms with van der Waals surface area (Å²) in [6.45, 7) is 0. The van der Waals surface area contributed by atoms with Gasteiger partial charge in [-0.25, -0.2) is 8.78 Å². The van der Waals surface area contributed by atoms with Gasteiger partial charge in [0, 0.05) is 6.42 Å². The van der Waals surface area contributed by atoms with Crippen LogP contribution in [0.1, 0.15) is 15.9 Å². The monoisotopic (exact) mass is 248 g/mol. The van der Waals surface area contributed by atoms with Crippen LogP contribution in [-0.2, 0) is 6.42 Å². The molecule has 0 aliphatic carbocycles. The fourth-order valence-electron chi connectivity index (χ4n) is 1.65. The first-order valence-corrected chi connectivity index (χ1v) is 5.33. The third kappa shape index (κ3) is 2.53. The van der Waals surface area contributed by atoms with Crippen LogP contribution in [-0.4, -0.2) is 10.9 Å². The summed E-state index contributed by atoms with van der Waals surface area (Å²) in [4.78, 5) is 11.8. The Balaban J connectivity index is 2.25. The van der Waals surface area contributed by atoms with Crippen molar-refractivity contribution in [3.8, 4) is 5.75 Å². The van der Waals surface area contributed by atoms with E-state index in [2.05, 4.69) is 0 Å². The third-order valence-electron chi connectivity index (χ3n) is 2.54. The van der Waals surface area contributed by atoms with Crippen molar-refractivity contribution in [3.05, 3.63) is 65.2 Å². The van der Waals surface area contributed by atoms with Crippen LogP contribution in [0.4, 0.5) is 8.78 Å². The molecule has 0 amide bonds. The van der Waals surface area contributed by atoms with Gasteiger partial charge >= 0.3 is 0 Å². The molecule has 0 radical (unpaired) electrons. The van der Waals surface area contributed by atoms with Crippen LogP contribution in [0.5, 0.6) is 5.75 Å². The second-order valence-electron chi connectivity index (χ2n) is 3.86. The van der Waals surface area contributed by atoms with Gasteiger partial charge in [-0.15, -0.1) is 0 Å². The van der Waals surface area contributed by atoms with E-state index < -0.39 is 23.0 Å². The molecule has 2 nitrogen and oxygen atoms in total. The Bertz CT molecular complexity index is 557. The van der Waals surface area contributed by atoms with E-state index in [4.69, 9.17) is 5.11 Å². The molecule has 0 fully saturated rings. The highest BCUT2D eigenvalue weighted by molar-refractivity contribution is 5.98. The molecule has 0 unspecified atom stereocenters. The van der Waals surface area contributed by atoms with Gasteiger partial charge in [-0.2, -0.15) is 0 Å². The number of Topliss-reactive ketones (excluding diaryl/α,β-unsaturated/α-hetero) is 1. The van der Waals surface area contributed by atoms with Crippen molar-refractivity contribution >= 4 is 5.78 Å². The Morgan fingerprint density at radius 2 is 1.56 bits per heavy atom.